The Morgan fingerprint density at radius 1 is 1.19 bits per heavy atom. The number of thiazole rings is 1. The van der Waals surface area contributed by atoms with E-state index in [1.165, 1.54) is 30.6 Å². The number of hydrogen-bond acceptors (Lipinski definition) is 6. The van der Waals surface area contributed by atoms with Crippen LogP contribution < -0.4 is 0 Å². The van der Waals surface area contributed by atoms with Crippen molar-refractivity contribution in [2.45, 2.75) is 19.4 Å². The van der Waals surface area contributed by atoms with Crippen molar-refractivity contribution < 1.29 is 18.7 Å². The number of imidazole rings is 1. The van der Waals surface area contributed by atoms with Gasteiger partial charge in [0.2, 0.25) is 0 Å². The second-order valence-electron chi connectivity index (χ2n) is 7.17. The van der Waals surface area contributed by atoms with Crippen molar-refractivity contribution in [2.75, 3.05) is 13.7 Å². The third-order valence-electron chi connectivity index (χ3n) is 4.99. The smallest absolute Gasteiger partial charge is 0.338 e. The highest BCUT2D eigenvalue weighted by Gasteiger charge is 2.22. The van der Waals surface area contributed by atoms with E-state index < -0.39 is 12.1 Å². The first-order valence-corrected chi connectivity index (χ1v) is 10.9. The number of rotatable bonds is 8. The number of ether oxygens (including phenoxy) is 2. The van der Waals surface area contributed by atoms with Gasteiger partial charge >= 0.3 is 5.97 Å². The van der Waals surface area contributed by atoms with Crippen LogP contribution in [0.2, 0.25) is 0 Å². The van der Waals surface area contributed by atoms with Crippen LogP contribution in [0.5, 0.6) is 0 Å². The number of esters is 1. The molecule has 2 aromatic carbocycles. The molecule has 0 spiro atoms. The van der Waals surface area contributed by atoms with Crippen LogP contribution in [0.25, 0.3) is 11.1 Å². The number of aromatic amines is 1. The van der Waals surface area contributed by atoms with E-state index in [-0.39, 0.29) is 5.82 Å². The van der Waals surface area contributed by atoms with E-state index >= 15 is 0 Å². The fourth-order valence-electron chi connectivity index (χ4n) is 3.44. The molecule has 2 aromatic heterocycles. The number of H-pyrrole nitrogens is 1. The van der Waals surface area contributed by atoms with E-state index in [2.05, 4.69) is 15.0 Å². The molecule has 2 heterocycles. The summed E-state index contributed by atoms with van der Waals surface area (Å²) in [5.41, 5.74) is 3.58. The Balaban J connectivity index is 1.67. The molecule has 4 aromatic rings. The number of aryl methyl sites for hydroxylation is 1. The summed E-state index contributed by atoms with van der Waals surface area (Å²) in [6.45, 7) is 2.36. The summed E-state index contributed by atoms with van der Waals surface area (Å²) in [5, 5.41) is 2.70. The number of carbonyl (C=O) groups is 1. The predicted octanol–water partition coefficient (Wildman–Crippen LogP) is 5.12. The molecule has 0 aliphatic carbocycles. The summed E-state index contributed by atoms with van der Waals surface area (Å²) in [7, 11) is 1.34. The van der Waals surface area contributed by atoms with Gasteiger partial charge < -0.3 is 14.5 Å². The highest BCUT2D eigenvalue weighted by atomic mass is 32.1. The highest BCUT2D eigenvalue weighted by Crippen LogP contribution is 2.33. The number of halogens is 1. The molecule has 0 amide bonds. The van der Waals surface area contributed by atoms with Crippen molar-refractivity contribution in [3.63, 3.8) is 0 Å². The number of methoxy groups -OCH3 is 1. The Hall–Kier alpha value is -3.36. The first-order chi connectivity index (χ1) is 15.5. The van der Waals surface area contributed by atoms with Gasteiger partial charge in [-0.2, -0.15) is 0 Å². The third-order valence-corrected chi connectivity index (χ3v) is 5.81. The summed E-state index contributed by atoms with van der Waals surface area (Å²) in [4.78, 5) is 24.2. The second kappa shape index (κ2) is 9.84. The summed E-state index contributed by atoms with van der Waals surface area (Å²) in [6, 6.07) is 11.4. The quantitative estimate of drug-likeness (QED) is 0.377. The Labute approximate surface area is 189 Å². The van der Waals surface area contributed by atoms with E-state index in [9.17, 15) is 9.18 Å². The molecule has 1 unspecified atom stereocenters. The van der Waals surface area contributed by atoms with Gasteiger partial charge in [0, 0.05) is 29.9 Å². The van der Waals surface area contributed by atoms with Gasteiger partial charge in [0.1, 0.15) is 22.8 Å². The highest BCUT2D eigenvalue weighted by molar-refractivity contribution is 7.09. The lowest BCUT2D eigenvalue weighted by Crippen LogP contribution is -2.11. The molecule has 1 atom stereocenters. The molecule has 8 heteroatoms. The largest absolute Gasteiger partial charge is 0.465 e. The maximum Gasteiger partial charge on any atom is 0.338 e. The molecule has 164 valence electrons. The Bertz CT molecular complexity index is 1190. The van der Waals surface area contributed by atoms with Gasteiger partial charge in [-0.1, -0.05) is 18.2 Å². The summed E-state index contributed by atoms with van der Waals surface area (Å²) >= 11 is 1.50. The normalized spacial score (nSPS) is 12.0. The minimum Gasteiger partial charge on any atom is -0.465 e. The SMILES string of the molecule is COC(=O)c1ccc(C(OCCc2cnc(C)[nH]2)c2nccs2)cc1-c1ccc(F)cc1. The van der Waals surface area contributed by atoms with Crippen molar-refractivity contribution in [1.82, 2.24) is 15.0 Å². The Morgan fingerprint density at radius 3 is 2.66 bits per heavy atom. The van der Waals surface area contributed by atoms with Gasteiger partial charge in [-0.3, -0.25) is 0 Å². The van der Waals surface area contributed by atoms with Crippen LogP contribution in [0.1, 0.15) is 38.6 Å². The average molecular weight is 452 g/mol. The van der Waals surface area contributed by atoms with Crippen LogP contribution in [0.15, 0.2) is 60.2 Å². The molecule has 0 saturated carbocycles. The van der Waals surface area contributed by atoms with Gasteiger partial charge in [-0.05, 0) is 47.9 Å². The zero-order valence-corrected chi connectivity index (χ0v) is 18.5. The van der Waals surface area contributed by atoms with Crippen LogP contribution >= 0.6 is 11.3 Å². The molecule has 6 nitrogen and oxygen atoms in total. The first kappa shape index (κ1) is 21.9. The number of hydrogen-bond donors (Lipinski definition) is 1. The van der Waals surface area contributed by atoms with E-state index in [4.69, 9.17) is 9.47 Å². The first-order valence-electron chi connectivity index (χ1n) is 10.0. The molecule has 0 aliphatic heterocycles. The van der Waals surface area contributed by atoms with Crippen molar-refractivity contribution in [1.29, 1.82) is 0 Å². The van der Waals surface area contributed by atoms with Crippen LogP contribution in [0.4, 0.5) is 4.39 Å². The zero-order valence-electron chi connectivity index (χ0n) is 17.7. The molecule has 0 saturated heterocycles. The van der Waals surface area contributed by atoms with Crippen molar-refractivity contribution in [3.05, 3.63) is 93.7 Å². The molecular weight excluding hydrogens is 429 g/mol. The van der Waals surface area contributed by atoms with E-state index in [0.29, 0.717) is 29.7 Å². The van der Waals surface area contributed by atoms with Crippen molar-refractivity contribution >= 4 is 17.3 Å². The second-order valence-corrected chi connectivity index (χ2v) is 8.09. The average Bonchev–Trinajstić information content (AvgIpc) is 3.48. The lowest BCUT2D eigenvalue weighted by molar-refractivity contribution is 0.0601. The predicted molar refractivity (Wildman–Crippen MR) is 120 cm³/mol. The molecule has 32 heavy (non-hydrogen) atoms. The summed E-state index contributed by atoms with van der Waals surface area (Å²) < 4.78 is 24.7. The van der Waals surface area contributed by atoms with Crippen molar-refractivity contribution in [2.24, 2.45) is 0 Å². The van der Waals surface area contributed by atoms with Gasteiger partial charge in [-0.25, -0.2) is 19.2 Å². The van der Waals surface area contributed by atoms with Crippen LogP contribution in [-0.4, -0.2) is 34.6 Å². The number of nitrogens with zero attached hydrogens (tertiary/aromatic N) is 2. The molecule has 0 bridgehead atoms. The number of benzene rings is 2. The number of nitrogens with one attached hydrogen (secondary N) is 1. The fourth-order valence-corrected chi connectivity index (χ4v) is 4.15. The van der Waals surface area contributed by atoms with Gasteiger partial charge in [0.15, 0.2) is 0 Å². The third kappa shape index (κ3) is 4.92. The molecular formula is C24H22FN3O3S. The fraction of sp³-hybridized carbons (Fsp3) is 0.208. The van der Waals surface area contributed by atoms with Gasteiger partial charge in [0.25, 0.3) is 0 Å². The monoisotopic (exact) mass is 451 g/mol. The van der Waals surface area contributed by atoms with Crippen LogP contribution in [0.3, 0.4) is 0 Å². The Morgan fingerprint density at radius 2 is 2.00 bits per heavy atom. The number of aromatic nitrogens is 3. The van der Waals surface area contributed by atoms with E-state index in [1.54, 1.807) is 30.6 Å². The minimum atomic E-state index is -0.461. The van der Waals surface area contributed by atoms with Gasteiger partial charge in [-0.15, -0.1) is 11.3 Å². The molecule has 0 radical (unpaired) electrons. The lowest BCUT2D eigenvalue weighted by atomic mass is 9.95. The molecule has 4 rings (SSSR count). The standard InChI is InChI=1S/C24H22FN3O3S/c1-15-27-14-19(28-15)9-11-31-22(23-26-10-12-32-23)17-5-8-20(24(29)30-2)21(13-17)16-3-6-18(25)7-4-16/h3-8,10,12-14,22H,9,11H2,1-2H3,(H,27,28). The maximum absolute atomic E-state index is 13.5. The Kier molecular flexibility index (Phi) is 6.72. The summed E-state index contributed by atoms with van der Waals surface area (Å²) in [6.07, 6.45) is 3.80. The lowest BCUT2D eigenvalue weighted by Gasteiger charge is -2.18. The zero-order chi connectivity index (χ0) is 22.5. The molecule has 0 fully saturated rings. The van der Waals surface area contributed by atoms with Gasteiger partial charge in [0.05, 0.1) is 19.3 Å². The van der Waals surface area contributed by atoms with E-state index in [0.717, 1.165) is 22.1 Å². The summed E-state index contributed by atoms with van der Waals surface area (Å²) in [5.74, 6) is 0.0542. The van der Waals surface area contributed by atoms with Crippen LogP contribution in [0, 0.1) is 12.7 Å². The molecule has 0 aliphatic rings. The number of carbonyl (C=O) groups excluding carboxylic acids is 1. The van der Waals surface area contributed by atoms with Crippen LogP contribution in [-0.2, 0) is 15.9 Å². The minimum absolute atomic E-state index is 0.345. The topological polar surface area (TPSA) is 77.1 Å². The maximum atomic E-state index is 13.5. The van der Waals surface area contributed by atoms with E-state index in [1.807, 2.05) is 24.4 Å². The molecule has 1 N–H and O–H groups in total. The van der Waals surface area contributed by atoms with Crippen molar-refractivity contribution in [3.8, 4) is 11.1 Å².